The van der Waals surface area contributed by atoms with Gasteiger partial charge in [-0.3, -0.25) is 0 Å². The molecule has 1 heterocycles. The average Bonchev–Trinajstić information content (AvgIpc) is 2.79. The topological polar surface area (TPSA) is 176 Å². The Kier molecular flexibility index (Phi) is 10.4. The lowest BCUT2D eigenvalue weighted by atomic mass is 9.94. The largest absolute Gasteiger partial charge is 0.550 e. The Morgan fingerprint density at radius 2 is 1.65 bits per heavy atom. The summed E-state index contributed by atoms with van der Waals surface area (Å²) in [5.74, 6) is -5.98. The van der Waals surface area contributed by atoms with E-state index in [1.807, 2.05) is 55.4 Å². The number of nitrogens with zero attached hydrogens (tertiary/aromatic N) is 2. The maximum atomic E-state index is 12.7. The first-order chi connectivity index (χ1) is 17.3. The van der Waals surface area contributed by atoms with Crippen LogP contribution in [0.5, 0.6) is 0 Å². The summed E-state index contributed by atoms with van der Waals surface area (Å²) in [6, 6.07) is 15.6. The molecule has 1 atom stereocenters. The van der Waals surface area contributed by atoms with Crippen molar-refractivity contribution in [3.8, 4) is 0 Å². The van der Waals surface area contributed by atoms with Crippen molar-refractivity contribution in [3.05, 3.63) is 64.7 Å². The van der Waals surface area contributed by atoms with Crippen molar-refractivity contribution in [3.63, 3.8) is 0 Å². The molecule has 2 aromatic carbocycles. The van der Waals surface area contributed by atoms with Gasteiger partial charge in [-0.05, 0) is 50.8 Å². The molecule has 2 aromatic rings. The van der Waals surface area contributed by atoms with Gasteiger partial charge in [0.25, 0.3) is 0 Å². The van der Waals surface area contributed by atoms with Gasteiger partial charge in [0, 0.05) is 47.6 Å². The van der Waals surface area contributed by atoms with Gasteiger partial charge in [-0.2, -0.15) is 0 Å². The molecule has 0 aromatic heterocycles. The molecule has 200 valence electrons. The number of benzene rings is 2. The molecule has 37 heavy (non-hydrogen) atoms. The fourth-order valence-corrected chi connectivity index (χ4v) is 3.99. The second-order valence-corrected chi connectivity index (χ2v) is 9.18. The van der Waals surface area contributed by atoms with E-state index in [4.69, 9.17) is 16.7 Å². The zero-order chi connectivity index (χ0) is 27.8. The monoisotopic (exact) mass is 532 g/mol. The van der Waals surface area contributed by atoms with Crippen molar-refractivity contribution in [2.24, 2.45) is 0 Å². The van der Waals surface area contributed by atoms with Gasteiger partial charge in [0.05, 0.1) is 12.0 Å². The van der Waals surface area contributed by atoms with Crippen LogP contribution in [0.3, 0.4) is 0 Å². The van der Waals surface area contributed by atoms with Crippen LogP contribution in [0, 0.1) is 0 Å². The minimum atomic E-state index is -2.97. The Balaban J connectivity index is 0.000000317. The van der Waals surface area contributed by atoms with Crippen molar-refractivity contribution in [1.82, 2.24) is 9.80 Å². The third-order valence-corrected chi connectivity index (χ3v) is 5.73. The van der Waals surface area contributed by atoms with E-state index in [0.717, 1.165) is 29.8 Å². The summed E-state index contributed by atoms with van der Waals surface area (Å²) in [5.41, 5.74) is -0.00140. The Morgan fingerprint density at radius 3 is 2.16 bits per heavy atom. The quantitative estimate of drug-likeness (QED) is 0.387. The maximum absolute atomic E-state index is 12.7. The first-order valence-corrected chi connectivity index (χ1v) is 11.6. The maximum Gasteiger partial charge on any atom is 0.322 e. The van der Waals surface area contributed by atoms with E-state index in [1.54, 1.807) is 0 Å². The van der Waals surface area contributed by atoms with Gasteiger partial charge < -0.3 is 49.9 Å². The van der Waals surface area contributed by atoms with Gasteiger partial charge in [0.15, 0.2) is 0 Å². The minimum absolute atomic E-state index is 0.0579. The van der Waals surface area contributed by atoms with E-state index in [1.165, 1.54) is 0 Å². The molecule has 0 saturated carbocycles. The molecule has 0 spiro atoms. The molecule has 0 radical (unpaired) electrons. The summed E-state index contributed by atoms with van der Waals surface area (Å²) >= 11 is 6.22. The van der Waals surface area contributed by atoms with Crippen molar-refractivity contribution in [1.29, 1.82) is 0 Å². The van der Waals surface area contributed by atoms with Crippen molar-refractivity contribution in [2.45, 2.75) is 30.9 Å². The molecule has 2 amide bonds. The molecule has 0 saturated heterocycles. The van der Waals surface area contributed by atoms with Gasteiger partial charge in [0.2, 0.25) is 0 Å². The first-order valence-electron chi connectivity index (χ1n) is 11.2. The molecular weight excluding hydrogens is 506 g/mol. The number of nitrogens with one attached hydrogen (secondary N) is 1. The molecule has 0 aliphatic carbocycles. The van der Waals surface area contributed by atoms with Crippen LogP contribution < -0.4 is 20.6 Å². The Labute approximate surface area is 218 Å². The van der Waals surface area contributed by atoms with Crippen LogP contribution in [0.4, 0.5) is 10.5 Å². The molecular formula is C25H27ClN3O8-3. The van der Waals surface area contributed by atoms with Gasteiger partial charge in [-0.15, -0.1) is 0 Å². The van der Waals surface area contributed by atoms with E-state index in [0.29, 0.717) is 11.6 Å². The average molecular weight is 533 g/mol. The number of carboxylic acid groups (broad SMARTS) is 3. The number of carbonyl (C=O) groups is 4. The number of aliphatic hydroxyl groups is 1. The van der Waals surface area contributed by atoms with E-state index in [9.17, 15) is 34.5 Å². The molecule has 1 aliphatic rings. The number of hydrogen-bond acceptors (Lipinski definition) is 9. The number of anilines is 1. The predicted octanol–water partition coefficient (Wildman–Crippen LogP) is -1.02. The number of amides is 2. The molecule has 0 fully saturated rings. The predicted molar refractivity (Wildman–Crippen MR) is 128 cm³/mol. The van der Waals surface area contributed by atoms with E-state index < -0.39 is 36.4 Å². The number of hydrogen-bond donors (Lipinski definition) is 2. The normalized spacial score (nSPS) is 14.8. The summed E-state index contributed by atoms with van der Waals surface area (Å²) in [6.45, 7) is 1.63. The standard InChI is InChI=1S/C19H22ClN3O.C6H8O7/c1-22(2)11-6-12-23-18(14-7-4-3-5-8-14)16-13-15(20)9-10-17(16)21-19(23)24;7-3(8)1-6(13,5(11)12)2-4(9)10/h3-5,7-10,13,18H,6,11-12H2,1-2H3,(H,21,24);13H,1-2H2,(H,7,8)(H,9,10)(H,11,12)/p-3. The van der Waals surface area contributed by atoms with E-state index in [2.05, 4.69) is 22.3 Å². The van der Waals surface area contributed by atoms with Crippen LogP contribution in [0.2, 0.25) is 5.02 Å². The molecule has 3 rings (SSSR count). The lowest BCUT2D eigenvalue weighted by Crippen LogP contribution is -2.54. The van der Waals surface area contributed by atoms with E-state index in [-0.39, 0.29) is 12.1 Å². The number of rotatable bonds is 10. The SMILES string of the molecule is CN(C)CCCN1C(=O)Nc2ccc(Cl)cc2C1c1ccccc1.O=C([O-])CC(O)(CC(=O)[O-])C(=O)[O-]. The van der Waals surface area contributed by atoms with E-state index >= 15 is 0 Å². The minimum Gasteiger partial charge on any atom is -0.550 e. The molecule has 2 N–H and O–H groups in total. The van der Waals surface area contributed by atoms with Crippen molar-refractivity contribution in [2.75, 3.05) is 32.5 Å². The second kappa shape index (κ2) is 13.0. The summed E-state index contributed by atoms with van der Waals surface area (Å²) < 4.78 is 0. The third kappa shape index (κ3) is 8.45. The Bertz CT molecular complexity index is 1110. The molecule has 1 unspecified atom stereocenters. The van der Waals surface area contributed by atoms with Gasteiger partial charge >= 0.3 is 6.03 Å². The highest BCUT2D eigenvalue weighted by molar-refractivity contribution is 6.30. The highest BCUT2D eigenvalue weighted by Crippen LogP contribution is 2.38. The fraction of sp³-hybridized carbons (Fsp3) is 0.360. The second-order valence-electron chi connectivity index (χ2n) is 8.74. The van der Waals surface area contributed by atoms with Crippen LogP contribution in [-0.2, 0) is 14.4 Å². The lowest BCUT2D eigenvalue weighted by Gasteiger charge is -2.38. The fourth-order valence-electron chi connectivity index (χ4n) is 3.81. The lowest BCUT2D eigenvalue weighted by molar-refractivity contribution is -0.339. The number of carbonyl (C=O) groups excluding carboxylic acids is 4. The number of halogens is 1. The Hall–Kier alpha value is -3.67. The summed E-state index contributed by atoms with van der Waals surface area (Å²) in [7, 11) is 4.08. The zero-order valence-electron chi connectivity index (χ0n) is 20.3. The van der Waals surface area contributed by atoms with Crippen LogP contribution in [0.15, 0.2) is 48.5 Å². The molecule has 0 bridgehead atoms. The van der Waals surface area contributed by atoms with Crippen LogP contribution in [0.1, 0.15) is 36.4 Å². The van der Waals surface area contributed by atoms with Crippen molar-refractivity contribution >= 4 is 41.2 Å². The number of fused-ring (bicyclic) bond motifs is 1. The van der Waals surface area contributed by atoms with Crippen molar-refractivity contribution < 1.29 is 39.6 Å². The Morgan fingerprint density at radius 1 is 1.05 bits per heavy atom. The van der Waals surface area contributed by atoms with Crippen LogP contribution >= 0.6 is 11.6 Å². The number of carboxylic acids is 3. The summed E-state index contributed by atoms with van der Waals surface area (Å²) in [4.78, 5) is 46.7. The molecule has 12 heteroatoms. The number of urea groups is 1. The zero-order valence-corrected chi connectivity index (χ0v) is 21.1. The highest BCUT2D eigenvalue weighted by atomic mass is 35.5. The highest BCUT2D eigenvalue weighted by Gasteiger charge is 2.33. The van der Waals surface area contributed by atoms with Crippen LogP contribution in [0.25, 0.3) is 0 Å². The molecule has 11 nitrogen and oxygen atoms in total. The summed E-state index contributed by atoms with van der Waals surface area (Å²) in [6.07, 6.45) is -1.80. The summed E-state index contributed by atoms with van der Waals surface area (Å²) in [5, 5.41) is 42.6. The third-order valence-electron chi connectivity index (χ3n) is 5.50. The van der Waals surface area contributed by atoms with Gasteiger partial charge in [-0.1, -0.05) is 41.9 Å². The smallest absolute Gasteiger partial charge is 0.322 e. The van der Waals surface area contributed by atoms with Gasteiger partial charge in [-0.25, -0.2) is 4.79 Å². The molecule has 1 aliphatic heterocycles. The van der Waals surface area contributed by atoms with Gasteiger partial charge in [0.1, 0.15) is 5.60 Å². The number of aliphatic carboxylic acids is 3. The first kappa shape index (κ1) is 29.6. The van der Waals surface area contributed by atoms with Crippen LogP contribution in [-0.4, -0.2) is 71.6 Å².